The molecule has 0 fully saturated rings. The molecule has 0 spiro atoms. The second-order valence-electron chi connectivity index (χ2n) is 9.12. The lowest BCUT2D eigenvalue weighted by Crippen LogP contribution is -2.17. The highest BCUT2D eigenvalue weighted by Crippen LogP contribution is 2.31. The van der Waals surface area contributed by atoms with Crippen LogP contribution in [-0.4, -0.2) is 26.6 Å². The first-order valence-electron chi connectivity index (χ1n) is 12.0. The van der Waals surface area contributed by atoms with Crippen LogP contribution in [0.5, 0.6) is 0 Å². The Morgan fingerprint density at radius 3 is 2.16 bits per heavy atom. The first kappa shape index (κ1) is 24.0. The zero-order chi connectivity index (χ0) is 26.1. The molecule has 5 aromatic rings. The maximum absolute atomic E-state index is 13.7. The summed E-state index contributed by atoms with van der Waals surface area (Å²) in [6, 6.07) is 19.7. The predicted octanol–water partition coefficient (Wildman–Crippen LogP) is 6.39. The van der Waals surface area contributed by atoms with Crippen LogP contribution in [0.15, 0.2) is 77.3 Å². The lowest BCUT2D eigenvalue weighted by molar-refractivity contribution is 0.101. The fraction of sp³-hybridized carbons (Fsp3) is 0.172. The van der Waals surface area contributed by atoms with Gasteiger partial charge < -0.3 is 15.1 Å². The molecule has 2 aromatic carbocycles. The van der Waals surface area contributed by atoms with Crippen molar-refractivity contribution in [2.75, 3.05) is 10.6 Å². The summed E-state index contributed by atoms with van der Waals surface area (Å²) in [7, 11) is 0. The zero-order valence-electron chi connectivity index (χ0n) is 21.1. The first-order valence-corrected chi connectivity index (χ1v) is 12.0. The van der Waals surface area contributed by atoms with E-state index in [2.05, 4.69) is 15.7 Å². The maximum Gasteiger partial charge on any atom is 0.256 e. The molecular formula is C29H27N5O3. The van der Waals surface area contributed by atoms with Gasteiger partial charge in [0.25, 0.3) is 11.8 Å². The Balaban J connectivity index is 1.53. The molecular weight excluding hydrogens is 466 g/mol. The van der Waals surface area contributed by atoms with Crippen molar-refractivity contribution in [3.8, 4) is 11.3 Å². The molecule has 0 unspecified atom stereocenters. The van der Waals surface area contributed by atoms with E-state index in [0.717, 1.165) is 17.1 Å². The molecule has 0 saturated heterocycles. The lowest BCUT2D eigenvalue weighted by atomic mass is 10.1. The Morgan fingerprint density at radius 1 is 0.892 bits per heavy atom. The highest BCUT2D eigenvalue weighted by atomic mass is 16.3. The number of furan rings is 1. The van der Waals surface area contributed by atoms with Crippen LogP contribution in [0.25, 0.3) is 22.3 Å². The number of aryl methyl sites for hydroxylation is 2. The summed E-state index contributed by atoms with van der Waals surface area (Å²) in [5, 5.41) is 11.0. The van der Waals surface area contributed by atoms with Gasteiger partial charge in [-0.2, -0.15) is 5.10 Å². The molecule has 0 aliphatic rings. The minimum absolute atomic E-state index is 0.0530. The fourth-order valence-electron chi connectivity index (χ4n) is 4.28. The van der Waals surface area contributed by atoms with Crippen molar-refractivity contribution < 1.29 is 14.0 Å². The van der Waals surface area contributed by atoms with Gasteiger partial charge in [0, 0.05) is 17.2 Å². The van der Waals surface area contributed by atoms with E-state index in [4.69, 9.17) is 9.40 Å². The molecule has 0 aliphatic heterocycles. The van der Waals surface area contributed by atoms with Gasteiger partial charge in [0.1, 0.15) is 11.5 Å². The number of aromatic nitrogens is 3. The smallest absolute Gasteiger partial charge is 0.256 e. The molecule has 5 rings (SSSR count). The molecule has 0 aliphatic carbocycles. The summed E-state index contributed by atoms with van der Waals surface area (Å²) in [5.74, 6) is 0.886. The average molecular weight is 494 g/mol. The molecule has 2 amide bonds. The number of benzene rings is 2. The van der Waals surface area contributed by atoms with Crippen molar-refractivity contribution in [2.45, 2.75) is 33.7 Å². The van der Waals surface area contributed by atoms with Crippen LogP contribution < -0.4 is 10.6 Å². The second kappa shape index (κ2) is 9.73. The van der Waals surface area contributed by atoms with Crippen LogP contribution in [0.2, 0.25) is 0 Å². The zero-order valence-corrected chi connectivity index (χ0v) is 21.1. The van der Waals surface area contributed by atoms with Crippen LogP contribution in [0.1, 0.15) is 52.1 Å². The number of para-hydroxylation sites is 2. The van der Waals surface area contributed by atoms with Crippen molar-refractivity contribution >= 4 is 34.2 Å². The molecule has 3 aromatic heterocycles. The van der Waals surface area contributed by atoms with E-state index < -0.39 is 0 Å². The number of carbonyl (C=O) groups excluding carboxylic acids is 2. The Bertz CT molecular complexity index is 1620. The van der Waals surface area contributed by atoms with E-state index in [1.54, 1.807) is 65.5 Å². The molecule has 37 heavy (non-hydrogen) atoms. The molecule has 2 N–H and O–H groups in total. The summed E-state index contributed by atoms with van der Waals surface area (Å²) >= 11 is 0. The van der Waals surface area contributed by atoms with Gasteiger partial charge in [0.05, 0.1) is 34.2 Å². The van der Waals surface area contributed by atoms with E-state index in [0.29, 0.717) is 39.2 Å². The second-order valence-corrected chi connectivity index (χ2v) is 9.12. The van der Waals surface area contributed by atoms with E-state index in [9.17, 15) is 9.59 Å². The number of amides is 2. The van der Waals surface area contributed by atoms with Gasteiger partial charge in [0.2, 0.25) is 0 Å². The molecule has 0 saturated carbocycles. The van der Waals surface area contributed by atoms with Crippen molar-refractivity contribution in [3.05, 3.63) is 95.6 Å². The minimum atomic E-state index is -0.337. The SMILES string of the molecule is Cc1cc(-c2cc(C(=O)Nc3ccccc3NC(=O)c3ccccc3)c3cnn(C(C)C)c3n2)c(C)o1. The third-order valence-electron chi connectivity index (χ3n) is 6.08. The van der Waals surface area contributed by atoms with Gasteiger partial charge in [-0.05, 0) is 64.1 Å². The number of carbonyl (C=O) groups is 2. The number of rotatable bonds is 6. The highest BCUT2D eigenvalue weighted by molar-refractivity contribution is 6.14. The molecule has 8 heteroatoms. The Hall–Kier alpha value is -4.72. The van der Waals surface area contributed by atoms with Crippen LogP contribution in [0.4, 0.5) is 11.4 Å². The Labute approximate surface area is 214 Å². The first-order chi connectivity index (χ1) is 17.8. The highest BCUT2D eigenvalue weighted by Gasteiger charge is 2.21. The summed E-state index contributed by atoms with van der Waals surface area (Å²) in [6.07, 6.45) is 1.66. The van der Waals surface area contributed by atoms with E-state index in [-0.39, 0.29) is 17.9 Å². The third-order valence-corrected chi connectivity index (χ3v) is 6.08. The van der Waals surface area contributed by atoms with Crippen LogP contribution >= 0.6 is 0 Å². The van der Waals surface area contributed by atoms with Gasteiger partial charge in [-0.1, -0.05) is 30.3 Å². The maximum atomic E-state index is 13.7. The van der Waals surface area contributed by atoms with Gasteiger partial charge in [-0.3, -0.25) is 9.59 Å². The normalized spacial score (nSPS) is 11.2. The molecule has 0 bridgehead atoms. The molecule has 8 nitrogen and oxygen atoms in total. The van der Waals surface area contributed by atoms with E-state index in [1.807, 2.05) is 39.8 Å². The topological polar surface area (TPSA) is 102 Å². The summed E-state index contributed by atoms with van der Waals surface area (Å²) in [4.78, 5) is 31.3. The standard InChI is InChI=1S/C29H27N5O3/c1-17(2)34-27-23(16-30-34)22(15-26(31-27)21-14-18(3)37-19(21)4)29(36)33-25-13-9-8-12-24(25)32-28(35)20-10-6-5-7-11-20/h5-17H,1-4H3,(H,32,35)(H,33,36). The van der Waals surface area contributed by atoms with Gasteiger partial charge in [-0.15, -0.1) is 0 Å². The minimum Gasteiger partial charge on any atom is -0.466 e. The van der Waals surface area contributed by atoms with Gasteiger partial charge in [-0.25, -0.2) is 9.67 Å². The van der Waals surface area contributed by atoms with Crippen LogP contribution in [-0.2, 0) is 0 Å². The predicted molar refractivity (Wildman–Crippen MR) is 144 cm³/mol. The Kier molecular flexibility index (Phi) is 6.31. The van der Waals surface area contributed by atoms with Crippen molar-refractivity contribution in [1.82, 2.24) is 14.8 Å². The monoisotopic (exact) mass is 493 g/mol. The number of pyridine rings is 1. The summed E-state index contributed by atoms with van der Waals surface area (Å²) < 4.78 is 7.52. The average Bonchev–Trinajstić information content (AvgIpc) is 3.47. The number of nitrogens with one attached hydrogen (secondary N) is 2. The fourth-order valence-corrected chi connectivity index (χ4v) is 4.28. The van der Waals surface area contributed by atoms with Crippen LogP contribution in [0, 0.1) is 13.8 Å². The number of nitrogens with zero attached hydrogens (tertiary/aromatic N) is 3. The van der Waals surface area contributed by atoms with Crippen molar-refractivity contribution in [1.29, 1.82) is 0 Å². The molecule has 3 heterocycles. The quantitative estimate of drug-likeness (QED) is 0.285. The summed E-state index contributed by atoms with van der Waals surface area (Å²) in [6.45, 7) is 7.78. The number of hydrogen-bond donors (Lipinski definition) is 2. The van der Waals surface area contributed by atoms with Gasteiger partial charge >= 0.3 is 0 Å². The largest absolute Gasteiger partial charge is 0.466 e. The number of fused-ring (bicyclic) bond motifs is 1. The number of anilines is 2. The summed E-state index contributed by atoms with van der Waals surface area (Å²) in [5.41, 5.74) is 3.98. The van der Waals surface area contributed by atoms with Crippen molar-refractivity contribution in [2.24, 2.45) is 0 Å². The number of hydrogen-bond acceptors (Lipinski definition) is 5. The van der Waals surface area contributed by atoms with Gasteiger partial charge in [0.15, 0.2) is 5.65 Å². The van der Waals surface area contributed by atoms with E-state index >= 15 is 0 Å². The Morgan fingerprint density at radius 2 is 1.54 bits per heavy atom. The lowest BCUT2D eigenvalue weighted by Gasteiger charge is -2.14. The molecule has 0 atom stereocenters. The van der Waals surface area contributed by atoms with E-state index in [1.165, 1.54) is 0 Å². The molecule has 0 radical (unpaired) electrons. The third kappa shape index (κ3) is 4.73. The van der Waals surface area contributed by atoms with Crippen LogP contribution in [0.3, 0.4) is 0 Å². The molecule has 186 valence electrons. The van der Waals surface area contributed by atoms with Crippen molar-refractivity contribution in [3.63, 3.8) is 0 Å².